The molecule has 0 spiro atoms. The quantitative estimate of drug-likeness (QED) is 0.258. The number of urea groups is 1. The predicted octanol–water partition coefficient (Wildman–Crippen LogP) is 4.12. The lowest BCUT2D eigenvalue weighted by Crippen LogP contribution is -2.38. The van der Waals surface area contributed by atoms with E-state index in [9.17, 15) is 19.2 Å². The van der Waals surface area contributed by atoms with Gasteiger partial charge in [-0.05, 0) is 48.9 Å². The number of hydrogen-bond donors (Lipinski definition) is 3. The molecule has 2 heterocycles. The molecule has 0 saturated carbocycles. The summed E-state index contributed by atoms with van der Waals surface area (Å²) in [5.74, 6) is -1.29. The molecule has 3 aromatic carbocycles. The predicted molar refractivity (Wildman–Crippen MR) is 145 cm³/mol. The molecule has 9 heteroatoms. The van der Waals surface area contributed by atoms with Crippen molar-refractivity contribution in [3.05, 3.63) is 102 Å². The molecule has 0 bridgehead atoms. The first-order chi connectivity index (χ1) is 18.4. The van der Waals surface area contributed by atoms with Crippen LogP contribution in [0.25, 0.3) is 17.0 Å². The summed E-state index contributed by atoms with van der Waals surface area (Å²) in [5.41, 5.74) is 3.76. The summed E-state index contributed by atoms with van der Waals surface area (Å²) in [6, 6.07) is 23.2. The Kier molecular flexibility index (Phi) is 6.73. The number of amides is 5. The van der Waals surface area contributed by atoms with Gasteiger partial charge in [0.1, 0.15) is 18.8 Å². The van der Waals surface area contributed by atoms with E-state index in [0.717, 1.165) is 21.4 Å². The van der Waals surface area contributed by atoms with E-state index in [-0.39, 0.29) is 18.1 Å². The van der Waals surface area contributed by atoms with Gasteiger partial charge in [-0.3, -0.25) is 14.4 Å². The number of anilines is 2. The molecule has 1 aliphatic heterocycles. The van der Waals surface area contributed by atoms with Gasteiger partial charge in [0.15, 0.2) is 0 Å². The normalized spacial score (nSPS) is 14.1. The summed E-state index contributed by atoms with van der Waals surface area (Å²) in [6.45, 7) is 1.54. The second-order valence-corrected chi connectivity index (χ2v) is 8.94. The second-order valence-electron chi connectivity index (χ2n) is 8.94. The van der Waals surface area contributed by atoms with Crippen molar-refractivity contribution < 1.29 is 19.2 Å². The van der Waals surface area contributed by atoms with Crippen molar-refractivity contribution in [1.29, 1.82) is 0 Å². The fourth-order valence-corrected chi connectivity index (χ4v) is 4.34. The molecule has 38 heavy (non-hydrogen) atoms. The third-order valence-electron chi connectivity index (χ3n) is 6.06. The minimum atomic E-state index is -0.674. The van der Waals surface area contributed by atoms with Gasteiger partial charge in [-0.2, -0.15) is 0 Å². The van der Waals surface area contributed by atoms with Crippen LogP contribution < -0.4 is 16.0 Å². The van der Waals surface area contributed by atoms with Crippen LogP contribution >= 0.6 is 0 Å². The van der Waals surface area contributed by atoms with Gasteiger partial charge in [-0.15, -0.1) is 0 Å². The summed E-state index contributed by atoms with van der Waals surface area (Å²) in [6.07, 6.45) is 3.32. The Labute approximate surface area is 218 Å². The van der Waals surface area contributed by atoms with E-state index in [4.69, 9.17) is 0 Å². The molecule has 0 unspecified atom stereocenters. The molecule has 3 N–H and O–H groups in total. The minimum Gasteiger partial charge on any atom is -0.337 e. The van der Waals surface area contributed by atoms with Crippen LogP contribution in [0.4, 0.5) is 16.2 Å². The van der Waals surface area contributed by atoms with Gasteiger partial charge in [0.05, 0.1) is 0 Å². The topological polar surface area (TPSA) is 113 Å². The Hall–Kier alpha value is -5.18. The second kappa shape index (κ2) is 10.4. The smallest absolute Gasteiger partial charge is 0.329 e. The summed E-state index contributed by atoms with van der Waals surface area (Å²) in [5, 5.41) is 8.94. The highest BCUT2D eigenvalue weighted by atomic mass is 16.2. The fraction of sp³-hybridized carbons (Fsp3) is 0.103. The Morgan fingerprint density at radius 2 is 1.53 bits per heavy atom. The third-order valence-corrected chi connectivity index (χ3v) is 6.06. The van der Waals surface area contributed by atoms with Crippen molar-refractivity contribution in [1.82, 2.24) is 14.8 Å². The number of aryl methyl sites for hydroxylation is 1. The number of rotatable bonds is 7. The maximum absolute atomic E-state index is 13.0. The van der Waals surface area contributed by atoms with Crippen molar-refractivity contribution in [2.45, 2.75) is 13.5 Å². The van der Waals surface area contributed by atoms with E-state index >= 15 is 0 Å². The van der Waals surface area contributed by atoms with E-state index in [0.29, 0.717) is 16.9 Å². The molecule has 1 fully saturated rings. The van der Waals surface area contributed by atoms with Crippen LogP contribution in [0.2, 0.25) is 0 Å². The van der Waals surface area contributed by atoms with Crippen molar-refractivity contribution in [2.75, 3.05) is 17.2 Å². The van der Waals surface area contributed by atoms with Gasteiger partial charge in [0.2, 0.25) is 11.8 Å². The molecular weight excluding hydrogens is 482 g/mol. The molecule has 5 rings (SSSR count). The number of fused-ring (bicyclic) bond motifs is 1. The molecule has 0 atom stereocenters. The maximum Gasteiger partial charge on any atom is 0.329 e. The SMILES string of the molecule is Cc1cccc(NC(=O)CN2C(=O)N/C(=C/c3cn(CC(=O)Nc4ccccc4)c4ccccc34)C2=O)c1. The zero-order valence-corrected chi connectivity index (χ0v) is 20.6. The number of nitrogens with one attached hydrogen (secondary N) is 3. The number of nitrogens with zero attached hydrogens (tertiary/aromatic N) is 2. The zero-order valence-electron chi connectivity index (χ0n) is 20.6. The van der Waals surface area contributed by atoms with Gasteiger partial charge >= 0.3 is 6.03 Å². The molecule has 9 nitrogen and oxygen atoms in total. The van der Waals surface area contributed by atoms with Crippen LogP contribution in [0.5, 0.6) is 0 Å². The van der Waals surface area contributed by atoms with Crippen LogP contribution in [0, 0.1) is 6.92 Å². The highest BCUT2D eigenvalue weighted by molar-refractivity contribution is 6.16. The first-order valence-corrected chi connectivity index (χ1v) is 12.0. The van der Waals surface area contributed by atoms with Gasteiger partial charge in [0.25, 0.3) is 5.91 Å². The number of hydrogen-bond acceptors (Lipinski definition) is 4. The van der Waals surface area contributed by atoms with Crippen molar-refractivity contribution in [3.63, 3.8) is 0 Å². The third kappa shape index (κ3) is 5.31. The monoisotopic (exact) mass is 507 g/mol. The lowest BCUT2D eigenvalue weighted by atomic mass is 10.1. The average molecular weight is 508 g/mol. The Balaban J connectivity index is 1.33. The summed E-state index contributed by atoms with van der Waals surface area (Å²) < 4.78 is 1.79. The Bertz CT molecular complexity index is 1590. The molecular formula is C29H25N5O4. The fourth-order valence-electron chi connectivity index (χ4n) is 4.34. The first-order valence-electron chi connectivity index (χ1n) is 12.0. The molecule has 5 amide bonds. The average Bonchev–Trinajstić information content (AvgIpc) is 3.36. The first kappa shape index (κ1) is 24.5. The molecule has 1 aromatic heterocycles. The van der Waals surface area contributed by atoms with Crippen LogP contribution in [-0.2, 0) is 20.9 Å². The lowest BCUT2D eigenvalue weighted by Gasteiger charge is -2.12. The van der Waals surface area contributed by atoms with E-state index < -0.39 is 24.4 Å². The molecule has 0 aliphatic carbocycles. The molecule has 1 aliphatic rings. The van der Waals surface area contributed by atoms with Crippen LogP contribution in [0.3, 0.4) is 0 Å². The van der Waals surface area contributed by atoms with Crippen molar-refractivity contribution in [2.24, 2.45) is 0 Å². The van der Waals surface area contributed by atoms with E-state index in [2.05, 4.69) is 16.0 Å². The van der Waals surface area contributed by atoms with Crippen molar-refractivity contribution in [3.8, 4) is 0 Å². The number of benzene rings is 3. The number of imide groups is 1. The van der Waals surface area contributed by atoms with Crippen molar-refractivity contribution >= 4 is 52.1 Å². The summed E-state index contributed by atoms with van der Waals surface area (Å²) in [4.78, 5) is 51.6. The maximum atomic E-state index is 13.0. The number of carbonyl (C=O) groups excluding carboxylic acids is 4. The van der Waals surface area contributed by atoms with Crippen LogP contribution in [-0.4, -0.2) is 39.8 Å². The van der Waals surface area contributed by atoms with Crippen LogP contribution in [0.1, 0.15) is 11.1 Å². The zero-order chi connectivity index (χ0) is 26.6. The van der Waals surface area contributed by atoms with Gasteiger partial charge in [0, 0.05) is 34.0 Å². The standard InChI is InChI=1S/C29H25N5O4/c1-19-8-7-11-22(14-19)31-27(36)18-34-28(37)24(32-29(34)38)15-20-16-33(25-13-6-5-12-23(20)25)17-26(35)30-21-9-3-2-4-10-21/h2-16H,17-18H2,1H3,(H,30,35)(H,31,36)(H,32,38)/b24-15+. The summed E-state index contributed by atoms with van der Waals surface area (Å²) >= 11 is 0. The highest BCUT2D eigenvalue weighted by Crippen LogP contribution is 2.25. The lowest BCUT2D eigenvalue weighted by molar-refractivity contribution is -0.127. The molecule has 190 valence electrons. The van der Waals surface area contributed by atoms with Gasteiger partial charge in [-0.25, -0.2) is 9.69 Å². The highest BCUT2D eigenvalue weighted by Gasteiger charge is 2.35. The molecule has 0 radical (unpaired) electrons. The number of carbonyl (C=O) groups is 4. The van der Waals surface area contributed by atoms with E-state index in [1.54, 1.807) is 35.0 Å². The Morgan fingerprint density at radius 1 is 0.842 bits per heavy atom. The van der Waals surface area contributed by atoms with Gasteiger partial charge < -0.3 is 20.5 Å². The largest absolute Gasteiger partial charge is 0.337 e. The number of para-hydroxylation sites is 2. The number of aromatic nitrogens is 1. The molecule has 4 aromatic rings. The van der Waals surface area contributed by atoms with Gasteiger partial charge in [-0.1, -0.05) is 48.5 Å². The van der Waals surface area contributed by atoms with E-state index in [1.165, 1.54) is 0 Å². The minimum absolute atomic E-state index is 0.0509. The summed E-state index contributed by atoms with van der Waals surface area (Å²) in [7, 11) is 0. The van der Waals surface area contributed by atoms with Crippen LogP contribution in [0.15, 0.2) is 90.8 Å². The Morgan fingerprint density at radius 3 is 2.32 bits per heavy atom. The molecule has 1 saturated heterocycles. The van der Waals surface area contributed by atoms with E-state index in [1.807, 2.05) is 67.6 Å².